The number of aromatic nitrogens is 1. The predicted octanol–water partition coefficient (Wildman–Crippen LogP) is 3.90. The van der Waals surface area contributed by atoms with E-state index in [1.54, 1.807) is 18.2 Å². The molecule has 0 spiro atoms. The van der Waals surface area contributed by atoms with E-state index in [4.69, 9.17) is 4.74 Å². The number of carbonyl (C=O) groups excluding carboxylic acids is 3. The van der Waals surface area contributed by atoms with Crippen LogP contribution < -0.4 is 10.1 Å². The molecule has 8 nitrogen and oxygen atoms in total. The molecule has 3 amide bonds. The van der Waals surface area contributed by atoms with Gasteiger partial charge in [-0.3, -0.25) is 29.6 Å². The van der Waals surface area contributed by atoms with Gasteiger partial charge in [0.25, 0.3) is 5.91 Å². The molecule has 40 heavy (non-hydrogen) atoms. The largest absolute Gasteiger partial charge is 0.493 e. The van der Waals surface area contributed by atoms with Crippen LogP contribution in [0.25, 0.3) is 0 Å². The molecule has 1 N–H and O–H groups in total. The average Bonchev–Trinajstić information content (AvgIpc) is 3.22. The summed E-state index contributed by atoms with van der Waals surface area (Å²) in [7, 11) is 0. The first-order valence-electron chi connectivity index (χ1n) is 13.8. The van der Waals surface area contributed by atoms with Crippen molar-refractivity contribution in [2.75, 3.05) is 19.7 Å². The van der Waals surface area contributed by atoms with E-state index in [9.17, 15) is 27.6 Å². The SMILES string of the molecule is O=C1CC[C@@H](N2Cc3cc(OC[C@@H]4CCCC[C@@H]4N4CC(c5ccc(C(F)(F)F)nc5)C4)ccc3C2=O)C(=O)N1. The number of fused-ring (bicyclic) bond motifs is 1. The topological polar surface area (TPSA) is 91.8 Å². The molecule has 1 saturated carbocycles. The smallest absolute Gasteiger partial charge is 0.433 e. The van der Waals surface area contributed by atoms with Gasteiger partial charge >= 0.3 is 6.18 Å². The zero-order chi connectivity index (χ0) is 28.0. The first-order chi connectivity index (χ1) is 19.2. The van der Waals surface area contributed by atoms with Crippen LogP contribution in [0.15, 0.2) is 36.5 Å². The van der Waals surface area contributed by atoms with Gasteiger partial charge in [-0.25, -0.2) is 0 Å². The number of imide groups is 1. The Kier molecular flexibility index (Phi) is 7.02. The van der Waals surface area contributed by atoms with E-state index >= 15 is 0 Å². The first kappa shape index (κ1) is 26.7. The number of likely N-dealkylation sites (tertiary alicyclic amines) is 1. The second-order valence-electron chi connectivity index (χ2n) is 11.3. The number of hydrogen-bond donors (Lipinski definition) is 1. The highest BCUT2D eigenvalue weighted by atomic mass is 19.4. The van der Waals surface area contributed by atoms with Crippen LogP contribution in [0.1, 0.15) is 71.6 Å². The van der Waals surface area contributed by atoms with E-state index in [1.165, 1.54) is 11.1 Å². The Morgan fingerprint density at radius 3 is 2.55 bits per heavy atom. The van der Waals surface area contributed by atoms with Crippen molar-refractivity contribution < 1.29 is 32.3 Å². The summed E-state index contributed by atoms with van der Waals surface area (Å²) in [5, 5.41) is 2.32. The Bertz CT molecular complexity index is 1310. The average molecular weight is 557 g/mol. The molecular weight excluding hydrogens is 525 g/mol. The molecule has 2 aromatic rings. The van der Waals surface area contributed by atoms with Gasteiger partial charge in [0.1, 0.15) is 17.5 Å². The minimum Gasteiger partial charge on any atom is -0.493 e. The van der Waals surface area contributed by atoms with Gasteiger partial charge in [0.2, 0.25) is 11.8 Å². The predicted molar refractivity (Wildman–Crippen MR) is 137 cm³/mol. The van der Waals surface area contributed by atoms with E-state index in [0.717, 1.165) is 56.0 Å². The number of rotatable bonds is 6. The third-order valence-electron chi connectivity index (χ3n) is 8.76. The van der Waals surface area contributed by atoms with Crippen molar-refractivity contribution in [2.24, 2.45) is 5.92 Å². The van der Waals surface area contributed by atoms with Crippen LogP contribution >= 0.6 is 0 Å². The quantitative estimate of drug-likeness (QED) is 0.543. The third kappa shape index (κ3) is 5.18. The molecule has 1 aromatic carbocycles. The zero-order valence-corrected chi connectivity index (χ0v) is 22.0. The number of carbonyl (C=O) groups is 3. The molecule has 4 heterocycles. The van der Waals surface area contributed by atoms with Crippen LogP contribution in [0.5, 0.6) is 5.75 Å². The van der Waals surface area contributed by atoms with Crippen LogP contribution in [0.2, 0.25) is 0 Å². The molecule has 0 radical (unpaired) electrons. The number of halogens is 3. The first-order valence-corrected chi connectivity index (χ1v) is 13.8. The van der Waals surface area contributed by atoms with Crippen LogP contribution in [0, 0.1) is 5.92 Å². The number of nitrogens with zero attached hydrogens (tertiary/aromatic N) is 3. The Balaban J connectivity index is 1.05. The molecule has 212 valence electrons. The summed E-state index contributed by atoms with van der Waals surface area (Å²) in [4.78, 5) is 44.3. The van der Waals surface area contributed by atoms with Crippen LogP contribution in [0.3, 0.4) is 0 Å². The molecule has 3 fully saturated rings. The lowest BCUT2D eigenvalue weighted by molar-refractivity contribution is -0.141. The molecule has 0 bridgehead atoms. The van der Waals surface area contributed by atoms with Crippen LogP contribution in [-0.2, 0) is 22.3 Å². The Morgan fingerprint density at radius 1 is 1.02 bits per heavy atom. The normalized spacial score (nSPS) is 25.9. The van der Waals surface area contributed by atoms with Gasteiger partial charge in [0.15, 0.2) is 0 Å². The summed E-state index contributed by atoms with van der Waals surface area (Å²) >= 11 is 0. The van der Waals surface area contributed by atoms with Crippen molar-refractivity contribution in [1.82, 2.24) is 20.1 Å². The fourth-order valence-electron chi connectivity index (χ4n) is 6.52. The standard InChI is InChI=1S/C29H31F3N4O4/c30-29(31,32)25-9-5-17(12-33-25)20-13-35(14-20)23-4-2-1-3-18(23)16-40-21-6-7-22-19(11-21)15-36(28(22)39)24-8-10-26(37)34-27(24)38/h5-7,9,11-12,18,20,23-24H,1-4,8,10,13-16H2,(H,34,37,38)/t18-,23-,24+/m0/s1. The molecule has 4 aliphatic rings. The Morgan fingerprint density at radius 2 is 1.82 bits per heavy atom. The van der Waals surface area contributed by atoms with Crippen molar-refractivity contribution in [3.8, 4) is 5.75 Å². The van der Waals surface area contributed by atoms with Crippen molar-refractivity contribution in [3.05, 3.63) is 58.9 Å². The molecule has 1 aromatic heterocycles. The third-order valence-corrected chi connectivity index (χ3v) is 8.76. The summed E-state index contributed by atoms with van der Waals surface area (Å²) in [6, 6.07) is 7.71. The maximum atomic E-state index is 12.9. The maximum absolute atomic E-state index is 12.9. The Labute approximate surface area is 229 Å². The lowest BCUT2D eigenvalue weighted by Gasteiger charge is -2.48. The molecule has 11 heteroatoms. The monoisotopic (exact) mass is 556 g/mol. The second kappa shape index (κ2) is 10.5. The summed E-state index contributed by atoms with van der Waals surface area (Å²) in [6.45, 7) is 2.44. The van der Waals surface area contributed by atoms with E-state index < -0.39 is 23.8 Å². The summed E-state index contributed by atoms with van der Waals surface area (Å²) < 4.78 is 44.7. The second-order valence-corrected chi connectivity index (χ2v) is 11.3. The maximum Gasteiger partial charge on any atom is 0.433 e. The number of piperidine rings is 1. The van der Waals surface area contributed by atoms with Crippen molar-refractivity contribution >= 4 is 17.7 Å². The highest BCUT2D eigenvalue weighted by molar-refractivity contribution is 6.05. The van der Waals surface area contributed by atoms with E-state index in [0.29, 0.717) is 42.8 Å². The van der Waals surface area contributed by atoms with Gasteiger partial charge in [-0.2, -0.15) is 13.2 Å². The van der Waals surface area contributed by atoms with E-state index in [-0.39, 0.29) is 24.2 Å². The van der Waals surface area contributed by atoms with Gasteiger partial charge in [-0.05, 0) is 54.7 Å². The minimum atomic E-state index is -4.43. The van der Waals surface area contributed by atoms with Crippen molar-refractivity contribution in [3.63, 3.8) is 0 Å². The van der Waals surface area contributed by atoms with Gasteiger partial charge < -0.3 is 9.64 Å². The molecule has 0 unspecified atom stereocenters. The van der Waals surface area contributed by atoms with Crippen molar-refractivity contribution in [2.45, 2.75) is 69.2 Å². The Hall–Kier alpha value is -3.47. The molecule has 6 rings (SSSR count). The fraction of sp³-hybridized carbons (Fsp3) is 0.517. The van der Waals surface area contributed by atoms with Crippen molar-refractivity contribution in [1.29, 1.82) is 0 Å². The summed E-state index contributed by atoms with van der Waals surface area (Å²) in [6.07, 6.45) is 1.83. The summed E-state index contributed by atoms with van der Waals surface area (Å²) in [5.74, 6) is 0.236. The molecular formula is C29H31F3N4O4. The number of ether oxygens (including phenoxy) is 1. The minimum absolute atomic E-state index is 0.180. The molecule has 1 aliphatic carbocycles. The van der Waals surface area contributed by atoms with Gasteiger partial charge in [0, 0.05) is 55.7 Å². The van der Waals surface area contributed by atoms with Gasteiger partial charge in [-0.1, -0.05) is 18.9 Å². The molecule has 3 aliphatic heterocycles. The highest BCUT2D eigenvalue weighted by Gasteiger charge is 2.41. The van der Waals surface area contributed by atoms with E-state index in [1.807, 2.05) is 6.07 Å². The molecule has 3 atom stereocenters. The number of pyridine rings is 1. The highest BCUT2D eigenvalue weighted by Crippen LogP contribution is 2.38. The van der Waals surface area contributed by atoms with Crippen LogP contribution in [0.4, 0.5) is 13.2 Å². The van der Waals surface area contributed by atoms with Gasteiger partial charge in [-0.15, -0.1) is 0 Å². The summed E-state index contributed by atoms with van der Waals surface area (Å²) in [5.41, 5.74) is 1.34. The van der Waals surface area contributed by atoms with Crippen LogP contribution in [-0.4, -0.2) is 64.3 Å². The molecule has 2 saturated heterocycles. The number of benzene rings is 1. The number of hydrogen-bond acceptors (Lipinski definition) is 6. The number of nitrogens with one attached hydrogen (secondary N) is 1. The number of alkyl halides is 3. The number of amides is 3. The fourth-order valence-corrected chi connectivity index (χ4v) is 6.52. The van der Waals surface area contributed by atoms with Gasteiger partial charge in [0.05, 0.1) is 6.61 Å². The zero-order valence-electron chi connectivity index (χ0n) is 22.0. The van der Waals surface area contributed by atoms with E-state index in [2.05, 4.69) is 15.2 Å². The lowest BCUT2D eigenvalue weighted by atomic mass is 9.80. The lowest BCUT2D eigenvalue weighted by Crippen LogP contribution is -2.55.